The first-order valence-electron chi connectivity index (χ1n) is 6.69. The van der Waals surface area contributed by atoms with Crippen LogP contribution in [-0.2, 0) is 5.41 Å². The number of hydrogen-bond acceptors (Lipinski definition) is 1. The molecule has 0 spiro atoms. The van der Waals surface area contributed by atoms with Crippen LogP contribution in [0.4, 0.5) is 8.78 Å². The number of ketones is 1. The summed E-state index contributed by atoms with van der Waals surface area (Å²) in [6.07, 6.45) is 2.49. The molecule has 3 heteroatoms. The van der Waals surface area contributed by atoms with Crippen LogP contribution in [0.15, 0.2) is 48.5 Å². The van der Waals surface area contributed by atoms with Crippen LogP contribution in [-0.4, -0.2) is 5.78 Å². The zero-order valence-corrected chi connectivity index (χ0v) is 10.9. The summed E-state index contributed by atoms with van der Waals surface area (Å²) in [5.74, 6) is -2.02. The minimum atomic E-state index is -0.974. The summed E-state index contributed by atoms with van der Waals surface area (Å²) in [4.78, 5) is 12.7. The molecule has 1 aliphatic rings. The first kappa shape index (κ1) is 13.0. The lowest BCUT2D eigenvalue weighted by molar-refractivity contribution is 0.0788. The van der Waals surface area contributed by atoms with Gasteiger partial charge in [-0.25, -0.2) is 8.78 Å². The van der Waals surface area contributed by atoms with E-state index in [1.54, 1.807) is 0 Å². The second-order valence-electron chi connectivity index (χ2n) is 5.26. The first-order valence-corrected chi connectivity index (χ1v) is 6.69. The van der Waals surface area contributed by atoms with E-state index >= 15 is 0 Å². The Morgan fingerprint density at radius 1 is 0.950 bits per heavy atom. The maximum Gasteiger partial charge on any atom is 0.173 e. The summed E-state index contributed by atoms with van der Waals surface area (Å²) in [5.41, 5.74) is 0.638. The van der Waals surface area contributed by atoms with Crippen LogP contribution in [0.5, 0.6) is 0 Å². The van der Waals surface area contributed by atoms with E-state index in [1.165, 1.54) is 6.07 Å². The molecule has 0 N–H and O–H groups in total. The van der Waals surface area contributed by atoms with E-state index in [-0.39, 0.29) is 11.3 Å². The number of Topliss-reactive ketones (excluding diaryl/α,β-unsaturated/α-hetero) is 1. The van der Waals surface area contributed by atoms with Crippen molar-refractivity contribution in [1.29, 1.82) is 0 Å². The summed E-state index contributed by atoms with van der Waals surface area (Å²) in [5, 5.41) is 0. The molecule has 0 aliphatic heterocycles. The molecule has 0 amide bonds. The van der Waals surface area contributed by atoms with E-state index < -0.39 is 17.0 Å². The van der Waals surface area contributed by atoms with Crippen molar-refractivity contribution in [3.05, 3.63) is 71.3 Å². The molecular formula is C17H14F2O. The Labute approximate surface area is 116 Å². The van der Waals surface area contributed by atoms with Gasteiger partial charge in [0.05, 0.1) is 5.41 Å². The van der Waals surface area contributed by atoms with E-state index in [0.717, 1.165) is 37.0 Å². The summed E-state index contributed by atoms with van der Waals surface area (Å²) >= 11 is 0. The molecule has 1 nitrogen and oxygen atoms in total. The Hall–Kier alpha value is -2.03. The third-order valence-electron chi connectivity index (χ3n) is 4.15. The predicted molar refractivity (Wildman–Crippen MR) is 72.7 cm³/mol. The number of halogens is 2. The van der Waals surface area contributed by atoms with Gasteiger partial charge in [0, 0.05) is 5.56 Å². The Bertz CT molecular complexity index is 645. The average molecular weight is 272 g/mol. The van der Waals surface area contributed by atoms with E-state index in [9.17, 15) is 13.6 Å². The van der Waals surface area contributed by atoms with Gasteiger partial charge in [-0.3, -0.25) is 4.79 Å². The van der Waals surface area contributed by atoms with E-state index in [0.29, 0.717) is 0 Å². The second kappa shape index (κ2) is 4.82. The molecule has 0 atom stereocenters. The highest BCUT2D eigenvalue weighted by Crippen LogP contribution is 2.46. The predicted octanol–water partition coefficient (Wildman–Crippen LogP) is 4.27. The molecule has 0 bridgehead atoms. The largest absolute Gasteiger partial charge is 0.293 e. The highest BCUT2D eigenvalue weighted by Gasteiger charge is 2.45. The summed E-state index contributed by atoms with van der Waals surface area (Å²) < 4.78 is 26.3. The van der Waals surface area contributed by atoms with Gasteiger partial charge < -0.3 is 0 Å². The van der Waals surface area contributed by atoms with Gasteiger partial charge in [-0.1, -0.05) is 36.8 Å². The molecule has 102 valence electrons. The van der Waals surface area contributed by atoms with Crippen molar-refractivity contribution < 1.29 is 13.6 Å². The first-order chi connectivity index (χ1) is 9.63. The lowest BCUT2D eigenvalue weighted by Gasteiger charge is -2.41. The summed E-state index contributed by atoms with van der Waals surface area (Å²) in [6, 6.07) is 12.9. The van der Waals surface area contributed by atoms with Gasteiger partial charge in [0.2, 0.25) is 0 Å². The highest BCUT2D eigenvalue weighted by molar-refractivity contribution is 6.04. The Morgan fingerprint density at radius 3 is 2.20 bits per heavy atom. The minimum Gasteiger partial charge on any atom is -0.293 e. The molecule has 20 heavy (non-hydrogen) atoms. The molecule has 1 fully saturated rings. The van der Waals surface area contributed by atoms with Gasteiger partial charge in [-0.15, -0.1) is 0 Å². The number of benzene rings is 2. The van der Waals surface area contributed by atoms with Crippen molar-refractivity contribution in [2.45, 2.75) is 24.7 Å². The lowest BCUT2D eigenvalue weighted by Crippen LogP contribution is -2.42. The van der Waals surface area contributed by atoms with Crippen molar-refractivity contribution in [3.8, 4) is 0 Å². The average Bonchev–Trinajstić information content (AvgIpc) is 2.42. The maximum atomic E-state index is 13.3. The quantitative estimate of drug-likeness (QED) is 0.763. The molecule has 0 radical (unpaired) electrons. The number of carbonyl (C=O) groups is 1. The Kier molecular flexibility index (Phi) is 3.13. The number of rotatable bonds is 3. The van der Waals surface area contributed by atoms with Gasteiger partial charge in [-0.05, 0) is 36.6 Å². The van der Waals surface area contributed by atoms with Crippen LogP contribution in [0.1, 0.15) is 35.2 Å². The van der Waals surface area contributed by atoms with Crippen molar-refractivity contribution in [2.75, 3.05) is 0 Å². The van der Waals surface area contributed by atoms with Gasteiger partial charge in [-0.2, -0.15) is 0 Å². The lowest BCUT2D eigenvalue weighted by atomic mass is 9.61. The summed E-state index contributed by atoms with van der Waals surface area (Å²) in [7, 11) is 0. The molecule has 0 aromatic heterocycles. The van der Waals surface area contributed by atoms with Crippen LogP contribution in [0.2, 0.25) is 0 Å². The van der Waals surface area contributed by atoms with Crippen molar-refractivity contribution >= 4 is 5.78 Å². The maximum absolute atomic E-state index is 13.3. The van der Waals surface area contributed by atoms with Gasteiger partial charge in [0.1, 0.15) is 0 Å². The Morgan fingerprint density at radius 2 is 1.65 bits per heavy atom. The monoisotopic (exact) mass is 272 g/mol. The number of carbonyl (C=O) groups excluding carboxylic acids is 1. The molecular weight excluding hydrogens is 258 g/mol. The fourth-order valence-corrected chi connectivity index (χ4v) is 2.85. The van der Waals surface area contributed by atoms with Crippen LogP contribution in [0.25, 0.3) is 0 Å². The summed E-state index contributed by atoms with van der Waals surface area (Å²) in [6.45, 7) is 0. The van der Waals surface area contributed by atoms with Gasteiger partial charge >= 0.3 is 0 Å². The Balaban J connectivity index is 2.01. The fraction of sp³-hybridized carbons (Fsp3) is 0.235. The van der Waals surface area contributed by atoms with E-state index in [1.807, 2.05) is 30.3 Å². The van der Waals surface area contributed by atoms with Gasteiger partial charge in [0.15, 0.2) is 17.4 Å². The molecule has 3 rings (SSSR count). The standard InChI is InChI=1S/C17H14F2O/c18-14-8-7-12(11-15(14)19)16(20)17(9-4-10-17)13-5-2-1-3-6-13/h1-3,5-8,11H,4,9-10H2. The van der Waals surface area contributed by atoms with E-state index in [4.69, 9.17) is 0 Å². The topological polar surface area (TPSA) is 17.1 Å². The van der Waals surface area contributed by atoms with Crippen LogP contribution in [0, 0.1) is 11.6 Å². The SMILES string of the molecule is O=C(c1ccc(F)c(F)c1)C1(c2ccccc2)CCC1. The molecule has 1 saturated carbocycles. The van der Waals surface area contributed by atoms with Crippen LogP contribution in [0.3, 0.4) is 0 Å². The minimum absolute atomic E-state index is 0.117. The van der Waals surface area contributed by atoms with Crippen LogP contribution >= 0.6 is 0 Å². The highest BCUT2D eigenvalue weighted by atomic mass is 19.2. The molecule has 2 aromatic carbocycles. The normalized spacial score (nSPS) is 16.5. The molecule has 2 aromatic rings. The smallest absolute Gasteiger partial charge is 0.173 e. The molecule has 0 heterocycles. The third kappa shape index (κ3) is 1.94. The molecule has 0 unspecified atom stereocenters. The van der Waals surface area contributed by atoms with Crippen molar-refractivity contribution in [3.63, 3.8) is 0 Å². The molecule has 1 aliphatic carbocycles. The van der Waals surface area contributed by atoms with Crippen LogP contribution < -0.4 is 0 Å². The second-order valence-corrected chi connectivity index (χ2v) is 5.26. The molecule has 0 saturated heterocycles. The zero-order valence-electron chi connectivity index (χ0n) is 10.9. The van der Waals surface area contributed by atoms with E-state index in [2.05, 4.69) is 0 Å². The van der Waals surface area contributed by atoms with Crippen molar-refractivity contribution in [2.24, 2.45) is 0 Å². The van der Waals surface area contributed by atoms with Crippen molar-refractivity contribution in [1.82, 2.24) is 0 Å². The third-order valence-corrected chi connectivity index (χ3v) is 4.15. The zero-order chi connectivity index (χ0) is 14.2. The fourth-order valence-electron chi connectivity index (χ4n) is 2.85. The van der Waals surface area contributed by atoms with Gasteiger partial charge in [0.25, 0.3) is 0 Å². The number of hydrogen-bond donors (Lipinski definition) is 0.